The number of imidazole rings is 1. The Balaban J connectivity index is 1.24. The van der Waals surface area contributed by atoms with Crippen LogP contribution in [-0.4, -0.2) is 21.6 Å². The van der Waals surface area contributed by atoms with Gasteiger partial charge in [0.25, 0.3) is 0 Å². The molecule has 0 unspecified atom stereocenters. The van der Waals surface area contributed by atoms with Crippen molar-refractivity contribution < 1.29 is 4.79 Å². The van der Waals surface area contributed by atoms with Crippen LogP contribution in [0, 0.1) is 0 Å². The van der Waals surface area contributed by atoms with Crippen LogP contribution in [-0.2, 0) is 25.9 Å². The second-order valence-electron chi connectivity index (χ2n) is 6.75. The highest BCUT2D eigenvalue weighted by atomic mass is 16.2. The Morgan fingerprint density at radius 1 is 1.04 bits per heavy atom. The molecule has 1 heterocycles. The molecule has 2 amide bonds. The SMILES string of the molecule is O=C(NCc1ccc(Cn2ccnc2)cc1)NC1Cc2ccccc2C1. The maximum atomic E-state index is 12.2. The number of benzene rings is 2. The van der Waals surface area contributed by atoms with Crippen molar-refractivity contribution in [2.24, 2.45) is 0 Å². The molecule has 0 atom stereocenters. The van der Waals surface area contributed by atoms with Gasteiger partial charge in [0.1, 0.15) is 0 Å². The minimum absolute atomic E-state index is 0.106. The highest BCUT2D eigenvalue weighted by molar-refractivity contribution is 5.74. The van der Waals surface area contributed by atoms with E-state index in [2.05, 4.69) is 64.1 Å². The van der Waals surface area contributed by atoms with Gasteiger partial charge in [-0.1, -0.05) is 48.5 Å². The molecule has 5 heteroatoms. The Morgan fingerprint density at radius 3 is 2.38 bits per heavy atom. The minimum Gasteiger partial charge on any atom is -0.335 e. The normalized spacial score (nSPS) is 13.4. The van der Waals surface area contributed by atoms with Crippen molar-refractivity contribution in [2.45, 2.75) is 32.0 Å². The molecule has 0 saturated carbocycles. The van der Waals surface area contributed by atoms with Crippen LogP contribution >= 0.6 is 0 Å². The molecular formula is C21H22N4O. The molecule has 1 aliphatic carbocycles. The van der Waals surface area contributed by atoms with E-state index in [1.165, 1.54) is 16.7 Å². The molecular weight excluding hydrogens is 324 g/mol. The molecule has 26 heavy (non-hydrogen) atoms. The van der Waals surface area contributed by atoms with Crippen LogP contribution in [0.3, 0.4) is 0 Å². The van der Waals surface area contributed by atoms with Gasteiger partial charge in [0.15, 0.2) is 0 Å². The summed E-state index contributed by atoms with van der Waals surface area (Å²) in [5.74, 6) is 0. The lowest BCUT2D eigenvalue weighted by atomic mass is 10.1. The third kappa shape index (κ3) is 3.94. The molecule has 4 rings (SSSR count). The predicted octanol–water partition coefficient (Wildman–Crippen LogP) is 2.90. The number of carbonyl (C=O) groups excluding carboxylic acids is 1. The van der Waals surface area contributed by atoms with Crippen molar-refractivity contribution in [1.29, 1.82) is 0 Å². The lowest BCUT2D eigenvalue weighted by Crippen LogP contribution is -2.42. The molecule has 5 nitrogen and oxygen atoms in total. The summed E-state index contributed by atoms with van der Waals surface area (Å²) in [6, 6.07) is 16.7. The molecule has 1 aliphatic rings. The van der Waals surface area contributed by atoms with E-state index in [9.17, 15) is 4.79 Å². The average molecular weight is 346 g/mol. The number of hydrogen-bond acceptors (Lipinski definition) is 2. The van der Waals surface area contributed by atoms with Gasteiger partial charge in [0, 0.05) is 31.5 Å². The van der Waals surface area contributed by atoms with Gasteiger partial charge in [-0.05, 0) is 35.1 Å². The predicted molar refractivity (Wildman–Crippen MR) is 101 cm³/mol. The van der Waals surface area contributed by atoms with Gasteiger partial charge in [0.2, 0.25) is 0 Å². The summed E-state index contributed by atoms with van der Waals surface area (Å²) in [7, 11) is 0. The van der Waals surface area contributed by atoms with Crippen LogP contribution in [0.4, 0.5) is 4.79 Å². The molecule has 0 fully saturated rings. The van der Waals surface area contributed by atoms with E-state index in [0.717, 1.165) is 24.9 Å². The van der Waals surface area contributed by atoms with Crippen LogP contribution in [0.2, 0.25) is 0 Å². The molecule has 3 aromatic rings. The average Bonchev–Trinajstić information content (AvgIpc) is 3.30. The third-order valence-electron chi connectivity index (χ3n) is 4.79. The lowest BCUT2D eigenvalue weighted by Gasteiger charge is -2.13. The van der Waals surface area contributed by atoms with Crippen LogP contribution in [0.15, 0.2) is 67.3 Å². The quantitative estimate of drug-likeness (QED) is 0.746. The van der Waals surface area contributed by atoms with E-state index in [1.807, 2.05) is 10.8 Å². The second-order valence-corrected chi connectivity index (χ2v) is 6.75. The highest BCUT2D eigenvalue weighted by Crippen LogP contribution is 2.21. The first-order valence-corrected chi connectivity index (χ1v) is 8.91. The number of rotatable bonds is 5. The van der Waals surface area contributed by atoms with Gasteiger partial charge in [-0.3, -0.25) is 0 Å². The van der Waals surface area contributed by atoms with E-state index < -0.39 is 0 Å². The van der Waals surface area contributed by atoms with E-state index in [4.69, 9.17) is 0 Å². The van der Waals surface area contributed by atoms with E-state index in [1.54, 1.807) is 12.5 Å². The summed E-state index contributed by atoms with van der Waals surface area (Å²) in [6.45, 7) is 1.33. The van der Waals surface area contributed by atoms with Gasteiger partial charge >= 0.3 is 6.03 Å². The summed E-state index contributed by atoms with van der Waals surface area (Å²) < 4.78 is 2.03. The zero-order valence-electron chi connectivity index (χ0n) is 14.6. The fourth-order valence-corrected chi connectivity index (χ4v) is 3.43. The summed E-state index contributed by atoms with van der Waals surface area (Å²) in [5, 5.41) is 6.03. The van der Waals surface area contributed by atoms with Gasteiger partial charge in [0.05, 0.1) is 6.33 Å². The number of amides is 2. The Hall–Kier alpha value is -3.08. The van der Waals surface area contributed by atoms with Crippen LogP contribution < -0.4 is 10.6 Å². The van der Waals surface area contributed by atoms with Crippen molar-refractivity contribution >= 4 is 6.03 Å². The van der Waals surface area contributed by atoms with Gasteiger partial charge < -0.3 is 15.2 Å². The Kier molecular flexibility index (Phi) is 4.69. The van der Waals surface area contributed by atoms with Crippen LogP contribution in [0.1, 0.15) is 22.3 Å². The molecule has 0 saturated heterocycles. The zero-order valence-corrected chi connectivity index (χ0v) is 14.6. The molecule has 0 bridgehead atoms. The maximum Gasteiger partial charge on any atom is 0.315 e. The number of carbonyl (C=O) groups is 1. The molecule has 0 spiro atoms. The van der Waals surface area contributed by atoms with Gasteiger partial charge in [-0.15, -0.1) is 0 Å². The van der Waals surface area contributed by atoms with Crippen molar-refractivity contribution in [2.75, 3.05) is 0 Å². The topological polar surface area (TPSA) is 59.0 Å². The van der Waals surface area contributed by atoms with E-state index in [-0.39, 0.29) is 12.1 Å². The van der Waals surface area contributed by atoms with Crippen molar-refractivity contribution in [3.05, 3.63) is 89.5 Å². The second kappa shape index (κ2) is 7.44. The standard InChI is InChI=1S/C21H22N4O/c26-21(24-20-11-18-3-1-2-4-19(18)12-20)23-13-16-5-7-17(8-6-16)14-25-10-9-22-15-25/h1-10,15,20H,11-14H2,(H2,23,24,26). The summed E-state index contributed by atoms with van der Waals surface area (Å²) in [5.41, 5.74) is 4.97. The first-order chi connectivity index (χ1) is 12.8. The van der Waals surface area contributed by atoms with Gasteiger partial charge in [-0.25, -0.2) is 9.78 Å². The number of urea groups is 1. The summed E-state index contributed by atoms with van der Waals surface area (Å²) in [6.07, 6.45) is 7.35. The van der Waals surface area contributed by atoms with Gasteiger partial charge in [-0.2, -0.15) is 0 Å². The summed E-state index contributed by atoms with van der Waals surface area (Å²) in [4.78, 5) is 16.2. The van der Waals surface area contributed by atoms with Crippen molar-refractivity contribution in [1.82, 2.24) is 20.2 Å². The molecule has 0 radical (unpaired) electrons. The number of nitrogens with zero attached hydrogens (tertiary/aromatic N) is 2. The highest BCUT2D eigenvalue weighted by Gasteiger charge is 2.22. The number of aromatic nitrogens is 2. The Labute approximate surface area is 153 Å². The first-order valence-electron chi connectivity index (χ1n) is 8.91. The number of fused-ring (bicyclic) bond motifs is 1. The zero-order chi connectivity index (χ0) is 17.8. The minimum atomic E-state index is -0.106. The summed E-state index contributed by atoms with van der Waals surface area (Å²) >= 11 is 0. The lowest BCUT2D eigenvalue weighted by molar-refractivity contribution is 0.237. The molecule has 2 aromatic carbocycles. The maximum absolute atomic E-state index is 12.2. The fraction of sp³-hybridized carbons (Fsp3) is 0.238. The van der Waals surface area contributed by atoms with Crippen LogP contribution in [0.5, 0.6) is 0 Å². The Morgan fingerprint density at radius 2 is 1.73 bits per heavy atom. The third-order valence-corrected chi connectivity index (χ3v) is 4.79. The van der Waals surface area contributed by atoms with Crippen molar-refractivity contribution in [3.8, 4) is 0 Å². The largest absolute Gasteiger partial charge is 0.335 e. The molecule has 0 aliphatic heterocycles. The smallest absolute Gasteiger partial charge is 0.315 e. The van der Waals surface area contributed by atoms with Crippen molar-refractivity contribution in [3.63, 3.8) is 0 Å². The fourth-order valence-electron chi connectivity index (χ4n) is 3.43. The number of hydrogen-bond donors (Lipinski definition) is 2. The van der Waals surface area contributed by atoms with E-state index in [0.29, 0.717) is 6.54 Å². The number of nitrogens with one attached hydrogen (secondary N) is 2. The Bertz CT molecular complexity index is 846. The van der Waals surface area contributed by atoms with Crippen LogP contribution in [0.25, 0.3) is 0 Å². The monoisotopic (exact) mass is 346 g/mol. The van der Waals surface area contributed by atoms with E-state index >= 15 is 0 Å². The first kappa shape index (κ1) is 16.4. The molecule has 2 N–H and O–H groups in total. The molecule has 132 valence electrons. The molecule has 1 aromatic heterocycles.